The molecule has 0 spiro atoms. The van der Waals surface area contributed by atoms with Crippen molar-refractivity contribution in [3.05, 3.63) is 53.6 Å². The minimum Gasteiger partial charge on any atom is -0.508 e. The predicted molar refractivity (Wildman–Crippen MR) is 79.5 cm³/mol. The molecule has 104 valence electrons. The van der Waals surface area contributed by atoms with E-state index in [2.05, 4.69) is 6.07 Å². The number of aliphatic hydroxyl groups excluding tert-OH is 1. The summed E-state index contributed by atoms with van der Waals surface area (Å²) in [6.07, 6.45) is 0. The van der Waals surface area contributed by atoms with Gasteiger partial charge in [0.05, 0.1) is 13.7 Å². The van der Waals surface area contributed by atoms with Crippen LogP contribution in [0.4, 0.5) is 0 Å². The van der Waals surface area contributed by atoms with Gasteiger partial charge in [-0.2, -0.15) is 0 Å². The average molecular weight is 288 g/mol. The minimum absolute atomic E-state index is 0.00536. The number of fused-ring (bicyclic) bond motifs is 1. The fraction of sp³-hybridized carbons (Fsp3) is 0.250. The van der Waals surface area contributed by atoms with Crippen LogP contribution in [-0.4, -0.2) is 23.9 Å². The molecule has 0 radical (unpaired) electrons. The highest BCUT2D eigenvalue weighted by molar-refractivity contribution is 8.00. The number of hydrogen-bond donors (Lipinski definition) is 2. The third kappa shape index (κ3) is 2.15. The Morgan fingerprint density at radius 3 is 2.70 bits per heavy atom. The third-order valence-electron chi connectivity index (χ3n) is 3.68. The van der Waals surface area contributed by atoms with Crippen LogP contribution in [-0.2, 0) is 0 Å². The van der Waals surface area contributed by atoms with Gasteiger partial charge in [0.25, 0.3) is 0 Å². The van der Waals surface area contributed by atoms with Crippen molar-refractivity contribution < 1.29 is 14.9 Å². The molecule has 1 aliphatic rings. The van der Waals surface area contributed by atoms with Gasteiger partial charge in [0, 0.05) is 21.6 Å². The first-order valence-electron chi connectivity index (χ1n) is 6.48. The number of hydrogen-bond acceptors (Lipinski definition) is 4. The number of phenolic OH excluding ortho intramolecular Hbond substituents is 1. The lowest BCUT2D eigenvalue weighted by atomic mass is 9.92. The van der Waals surface area contributed by atoms with Crippen molar-refractivity contribution >= 4 is 11.8 Å². The van der Waals surface area contributed by atoms with Gasteiger partial charge in [-0.25, -0.2) is 0 Å². The topological polar surface area (TPSA) is 49.7 Å². The Bertz CT molecular complexity index is 627. The first kappa shape index (κ1) is 13.3. The molecule has 2 aromatic carbocycles. The molecule has 0 amide bonds. The Kier molecular flexibility index (Phi) is 3.59. The van der Waals surface area contributed by atoms with E-state index in [1.807, 2.05) is 24.3 Å². The van der Waals surface area contributed by atoms with Gasteiger partial charge < -0.3 is 14.9 Å². The average Bonchev–Trinajstić information content (AvgIpc) is 2.86. The van der Waals surface area contributed by atoms with Gasteiger partial charge >= 0.3 is 0 Å². The van der Waals surface area contributed by atoms with E-state index in [1.54, 1.807) is 31.0 Å². The Morgan fingerprint density at radius 2 is 1.95 bits per heavy atom. The lowest BCUT2D eigenvalue weighted by molar-refractivity contribution is 0.263. The largest absolute Gasteiger partial charge is 0.508 e. The van der Waals surface area contributed by atoms with Crippen LogP contribution in [0.15, 0.2) is 47.4 Å². The number of aliphatic hydroxyl groups is 1. The second-order valence-corrected chi connectivity index (χ2v) is 5.97. The Morgan fingerprint density at radius 1 is 1.15 bits per heavy atom. The molecule has 2 N–H and O–H groups in total. The van der Waals surface area contributed by atoms with Crippen LogP contribution in [0, 0.1) is 0 Å². The van der Waals surface area contributed by atoms with E-state index in [9.17, 15) is 10.2 Å². The molecule has 0 aromatic heterocycles. The van der Waals surface area contributed by atoms with Crippen LogP contribution in [0.2, 0.25) is 0 Å². The number of benzene rings is 2. The van der Waals surface area contributed by atoms with Crippen LogP contribution in [0.3, 0.4) is 0 Å². The fourth-order valence-electron chi connectivity index (χ4n) is 2.64. The van der Waals surface area contributed by atoms with Crippen molar-refractivity contribution in [2.75, 3.05) is 13.7 Å². The van der Waals surface area contributed by atoms with Gasteiger partial charge in [0.15, 0.2) is 0 Å². The normalized spacial score (nSPS) is 20.7. The summed E-state index contributed by atoms with van der Waals surface area (Å²) < 4.78 is 5.23. The van der Waals surface area contributed by atoms with Gasteiger partial charge in [0.2, 0.25) is 0 Å². The summed E-state index contributed by atoms with van der Waals surface area (Å²) in [5, 5.41) is 19.9. The number of methoxy groups -OCH3 is 1. The van der Waals surface area contributed by atoms with Crippen molar-refractivity contribution in [1.82, 2.24) is 0 Å². The molecule has 1 heterocycles. The number of rotatable bonds is 3. The Hall–Kier alpha value is -1.65. The molecule has 0 saturated carbocycles. The van der Waals surface area contributed by atoms with E-state index < -0.39 is 0 Å². The van der Waals surface area contributed by atoms with E-state index in [0.29, 0.717) is 5.75 Å². The summed E-state index contributed by atoms with van der Waals surface area (Å²) >= 11 is 1.68. The molecule has 1 aliphatic heterocycles. The molecule has 2 atom stereocenters. The van der Waals surface area contributed by atoms with Gasteiger partial charge in [0.1, 0.15) is 11.5 Å². The number of thioether (sulfide) groups is 1. The van der Waals surface area contributed by atoms with Gasteiger partial charge in [-0.05, 0) is 29.8 Å². The molecule has 3 nitrogen and oxygen atoms in total. The standard InChI is InChI=1S/C16H16O3S/c1-19-10-6-7-14(18)12(8-10)16-13(9-17)11-4-2-3-5-15(11)20-16/h2-8,13,16-18H,9H2,1H3. The van der Waals surface area contributed by atoms with Gasteiger partial charge in [-0.15, -0.1) is 11.8 Å². The zero-order chi connectivity index (χ0) is 14.1. The van der Waals surface area contributed by atoms with Crippen molar-refractivity contribution in [2.45, 2.75) is 16.1 Å². The molecule has 0 fully saturated rings. The van der Waals surface area contributed by atoms with Gasteiger partial charge in [-0.1, -0.05) is 18.2 Å². The number of ether oxygens (including phenoxy) is 1. The van der Waals surface area contributed by atoms with Crippen molar-refractivity contribution in [3.8, 4) is 11.5 Å². The quantitative estimate of drug-likeness (QED) is 0.909. The maximum atomic E-state index is 10.1. The molecule has 2 unspecified atom stereocenters. The predicted octanol–water partition coefficient (Wildman–Crippen LogP) is 3.32. The molecule has 20 heavy (non-hydrogen) atoms. The van der Waals surface area contributed by atoms with Crippen LogP contribution in [0.1, 0.15) is 22.3 Å². The summed E-state index contributed by atoms with van der Waals surface area (Å²) in [6.45, 7) is 0.0608. The number of phenols is 1. The molecule has 3 rings (SSSR count). The molecule has 0 aliphatic carbocycles. The SMILES string of the molecule is COc1ccc(O)c(C2Sc3ccccc3C2CO)c1. The monoisotopic (exact) mass is 288 g/mol. The molecule has 0 bridgehead atoms. The number of aromatic hydroxyl groups is 1. The highest BCUT2D eigenvalue weighted by Gasteiger charge is 2.35. The van der Waals surface area contributed by atoms with E-state index >= 15 is 0 Å². The zero-order valence-corrected chi connectivity index (χ0v) is 11.9. The van der Waals surface area contributed by atoms with Crippen LogP contribution in [0.25, 0.3) is 0 Å². The first-order chi connectivity index (χ1) is 9.74. The fourth-order valence-corrected chi connectivity index (χ4v) is 4.14. The van der Waals surface area contributed by atoms with Crippen LogP contribution < -0.4 is 4.74 Å². The Labute approximate surface area is 122 Å². The molecular weight excluding hydrogens is 272 g/mol. The maximum absolute atomic E-state index is 10.1. The van der Waals surface area contributed by atoms with Crippen LogP contribution >= 0.6 is 11.8 Å². The summed E-state index contributed by atoms with van der Waals surface area (Å²) in [6, 6.07) is 13.3. The molecule has 2 aromatic rings. The molecule has 0 saturated heterocycles. The van der Waals surface area contributed by atoms with Crippen molar-refractivity contribution in [2.24, 2.45) is 0 Å². The molecular formula is C16H16O3S. The smallest absolute Gasteiger partial charge is 0.120 e. The second kappa shape index (κ2) is 5.38. The van der Waals surface area contributed by atoms with E-state index in [4.69, 9.17) is 4.74 Å². The van der Waals surface area contributed by atoms with Crippen molar-refractivity contribution in [1.29, 1.82) is 0 Å². The van der Waals surface area contributed by atoms with E-state index in [0.717, 1.165) is 11.1 Å². The lowest BCUT2D eigenvalue weighted by Gasteiger charge is -2.19. The van der Waals surface area contributed by atoms with E-state index in [-0.39, 0.29) is 23.5 Å². The minimum atomic E-state index is -0.00536. The van der Waals surface area contributed by atoms with Crippen molar-refractivity contribution in [3.63, 3.8) is 0 Å². The van der Waals surface area contributed by atoms with E-state index in [1.165, 1.54) is 4.90 Å². The summed E-state index contributed by atoms with van der Waals surface area (Å²) in [5.41, 5.74) is 1.96. The zero-order valence-electron chi connectivity index (χ0n) is 11.1. The highest BCUT2D eigenvalue weighted by atomic mass is 32.2. The lowest BCUT2D eigenvalue weighted by Crippen LogP contribution is -2.08. The van der Waals surface area contributed by atoms with Gasteiger partial charge in [-0.3, -0.25) is 0 Å². The summed E-state index contributed by atoms with van der Waals surface area (Å²) in [5.74, 6) is 0.954. The summed E-state index contributed by atoms with van der Waals surface area (Å²) in [7, 11) is 1.61. The third-order valence-corrected chi connectivity index (χ3v) is 5.14. The first-order valence-corrected chi connectivity index (χ1v) is 7.36. The molecule has 4 heteroatoms. The summed E-state index contributed by atoms with van der Waals surface area (Å²) in [4.78, 5) is 1.17. The Balaban J connectivity index is 2.04. The van der Waals surface area contributed by atoms with Crippen LogP contribution in [0.5, 0.6) is 11.5 Å². The second-order valence-electron chi connectivity index (χ2n) is 4.79. The maximum Gasteiger partial charge on any atom is 0.120 e. The highest BCUT2D eigenvalue weighted by Crippen LogP contribution is 2.55.